The summed E-state index contributed by atoms with van der Waals surface area (Å²) in [5.74, 6) is -0.371. The maximum Gasteiger partial charge on any atom is 0.242 e. The monoisotopic (exact) mass is 302 g/mol. The van der Waals surface area contributed by atoms with Crippen LogP contribution in [0.5, 0.6) is 0 Å². The van der Waals surface area contributed by atoms with Gasteiger partial charge < -0.3 is 15.4 Å². The van der Waals surface area contributed by atoms with Crippen molar-refractivity contribution >= 4 is 18.3 Å². The van der Waals surface area contributed by atoms with Crippen molar-refractivity contribution in [3.8, 4) is 0 Å². The molecule has 6 heteroatoms. The lowest BCUT2D eigenvalue weighted by Gasteiger charge is -2.27. The highest BCUT2D eigenvalue weighted by Crippen LogP contribution is 2.32. The number of carbonyl (C=O) groups is 1. The van der Waals surface area contributed by atoms with Gasteiger partial charge in [0.15, 0.2) is 0 Å². The van der Waals surface area contributed by atoms with Gasteiger partial charge in [-0.15, -0.1) is 12.4 Å². The smallest absolute Gasteiger partial charge is 0.242 e. The number of halogens is 2. The molecule has 4 nitrogen and oxygen atoms in total. The molecule has 0 radical (unpaired) electrons. The van der Waals surface area contributed by atoms with E-state index in [0.717, 1.165) is 18.4 Å². The number of carbonyl (C=O) groups excluding carboxylic acids is 1. The van der Waals surface area contributed by atoms with Gasteiger partial charge in [0.25, 0.3) is 0 Å². The Balaban J connectivity index is 0.00000200. The fourth-order valence-electron chi connectivity index (χ4n) is 2.53. The van der Waals surface area contributed by atoms with E-state index >= 15 is 0 Å². The van der Waals surface area contributed by atoms with E-state index in [2.05, 4.69) is 0 Å². The van der Waals surface area contributed by atoms with E-state index in [4.69, 9.17) is 10.5 Å². The average molecular weight is 303 g/mol. The van der Waals surface area contributed by atoms with Crippen molar-refractivity contribution in [1.82, 2.24) is 4.90 Å². The molecule has 0 spiro atoms. The maximum atomic E-state index is 12.9. The summed E-state index contributed by atoms with van der Waals surface area (Å²) in [6.45, 7) is 0.907. The Morgan fingerprint density at radius 1 is 1.50 bits per heavy atom. The molecule has 2 rings (SSSR count). The van der Waals surface area contributed by atoms with Crippen LogP contribution >= 0.6 is 12.4 Å². The summed E-state index contributed by atoms with van der Waals surface area (Å²) in [6.07, 6.45) is 1.82. The molecule has 0 aromatic heterocycles. The van der Waals surface area contributed by atoms with Crippen molar-refractivity contribution in [3.63, 3.8) is 0 Å². The molecule has 2 unspecified atom stereocenters. The molecular formula is C14H20ClFN2O2. The Morgan fingerprint density at radius 3 is 2.75 bits per heavy atom. The van der Waals surface area contributed by atoms with E-state index in [1.165, 1.54) is 19.2 Å². The number of hydrogen-bond donors (Lipinski definition) is 1. The van der Waals surface area contributed by atoms with Crippen LogP contribution in [0.2, 0.25) is 0 Å². The van der Waals surface area contributed by atoms with Gasteiger partial charge in [-0.3, -0.25) is 4.79 Å². The first-order chi connectivity index (χ1) is 9.13. The van der Waals surface area contributed by atoms with Gasteiger partial charge in [0.05, 0.1) is 12.6 Å². The Kier molecular flexibility index (Phi) is 6.39. The normalized spacial score (nSPS) is 19.6. The SMILES string of the molecule is COCC(N)C(=O)N1CCCC1c1ccc(F)cc1.Cl. The molecule has 2 N–H and O–H groups in total. The van der Waals surface area contributed by atoms with Gasteiger partial charge in [-0.05, 0) is 30.5 Å². The number of hydrogen-bond acceptors (Lipinski definition) is 3. The van der Waals surface area contributed by atoms with Gasteiger partial charge in [0.1, 0.15) is 11.9 Å². The molecule has 1 aliphatic heterocycles. The number of methoxy groups -OCH3 is 1. The minimum absolute atomic E-state index is 0. The number of rotatable bonds is 4. The number of benzene rings is 1. The predicted octanol–water partition coefficient (Wildman–Crippen LogP) is 1.88. The van der Waals surface area contributed by atoms with Gasteiger partial charge in [-0.1, -0.05) is 12.1 Å². The molecule has 112 valence electrons. The van der Waals surface area contributed by atoms with Gasteiger partial charge in [0, 0.05) is 13.7 Å². The van der Waals surface area contributed by atoms with Gasteiger partial charge in [-0.25, -0.2) is 4.39 Å². The molecule has 1 fully saturated rings. The lowest BCUT2D eigenvalue weighted by molar-refractivity contribution is -0.134. The Labute approximate surface area is 124 Å². The second-order valence-electron chi connectivity index (χ2n) is 4.80. The lowest BCUT2D eigenvalue weighted by atomic mass is 10.0. The van der Waals surface area contributed by atoms with Crippen molar-refractivity contribution in [2.45, 2.75) is 24.9 Å². The van der Waals surface area contributed by atoms with Crippen molar-refractivity contribution in [3.05, 3.63) is 35.6 Å². The molecule has 20 heavy (non-hydrogen) atoms. The molecule has 1 saturated heterocycles. The van der Waals surface area contributed by atoms with Crippen molar-refractivity contribution in [1.29, 1.82) is 0 Å². The van der Waals surface area contributed by atoms with E-state index in [1.54, 1.807) is 17.0 Å². The molecule has 0 bridgehead atoms. The number of nitrogens with zero attached hydrogens (tertiary/aromatic N) is 1. The molecule has 1 aliphatic rings. The van der Waals surface area contributed by atoms with Crippen LogP contribution < -0.4 is 5.73 Å². The van der Waals surface area contributed by atoms with Crippen LogP contribution in [0.1, 0.15) is 24.4 Å². The standard InChI is InChI=1S/C14H19FN2O2.ClH/c1-19-9-12(16)14(18)17-8-2-3-13(17)10-4-6-11(15)7-5-10;/h4-7,12-13H,2-3,8-9,16H2,1H3;1H. The van der Waals surface area contributed by atoms with Crippen molar-refractivity contribution < 1.29 is 13.9 Å². The first-order valence-corrected chi connectivity index (χ1v) is 6.44. The molecule has 0 saturated carbocycles. The van der Waals surface area contributed by atoms with Gasteiger partial charge in [-0.2, -0.15) is 0 Å². The second kappa shape index (κ2) is 7.57. The summed E-state index contributed by atoms with van der Waals surface area (Å²) < 4.78 is 17.9. The van der Waals surface area contributed by atoms with E-state index in [1.807, 2.05) is 0 Å². The first kappa shape index (κ1) is 16.9. The number of nitrogens with two attached hydrogens (primary N) is 1. The molecule has 1 aromatic rings. The van der Waals surface area contributed by atoms with Crippen LogP contribution in [0.25, 0.3) is 0 Å². The fourth-order valence-corrected chi connectivity index (χ4v) is 2.53. The van der Waals surface area contributed by atoms with E-state index < -0.39 is 6.04 Å². The van der Waals surface area contributed by atoms with E-state index in [-0.39, 0.29) is 36.8 Å². The topological polar surface area (TPSA) is 55.6 Å². The zero-order valence-corrected chi connectivity index (χ0v) is 12.2. The molecule has 1 amide bonds. The largest absolute Gasteiger partial charge is 0.383 e. The summed E-state index contributed by atoms with van der Waals surface area (Å²) in [4.78, 5) is 14.0. The first-order valence-electron chi connectivity index (χ1n) is 6.44. The molecular weight excluding hydrogens is 283 g/mol. The zero-order valence-electron chi connectivity index (χ0n) is 11.4. The Morgan fingerprint density at radius 2 is 2.15 bits per heavy atom. The molecule has 2 atom stereocenters. The second-order valence-corrected chi connectivity index (χ2v) is 4.80. The minimum Gasteiger partial charge on any atom is -0.383 e. The third-order valence-corrected chi connectivity index (χ3v) is 3.45. The lowest BCUT2D eigenvalue weighted by Crippen LogP contribution is -2.45. The highest BCUT2D eigenvalue weighted by atomic mass is 35.5. The number of amides is 1. The van der Waals surface area contributed by atoms with Crippen molar-refractivity contribution in [2.75, 3.05) is 20.3 Å². The zero-order chi connectivity index (χ0) is 13.8. The molecule has 1 aromatic carbocycles. The Bertz CT molecular complexity index is 441. The van der Waals surface area contributed by atoms with Gasteiger partial charge >= 0.3 is 0 Å². The van der Waals surface area contributed by atoms with Crippen LogP contribution in [-0.4, -0.2) is 37.1 Å². The quantitative estimate of drug-likeness (QED) is 0.924. The average Bonchev–Trinajstić information content (AvgIpc) is 2.88. The number of ether oxygens (including phenoxy) is 1. The van der Waals surface area contributed by atoms with E-state index in [9.17, 15) is 9.18 Å². The highest BCUT2D eigenvalue weighted by Gasteiger charge is 2.32. The Hall–Kier alpha value is -1.17. The van der Waals surface area contributed by atoms with Crippen LogP contribution in [0.3, 0.4) is 0 Å². The summed E-state index contributed by atoms with van der Waals surface area (Å²) in [5.41, 5.74) is 6.75. The summed E-state index contributed by atoms with van der Waals surface area (Å²) >= 11 is 0. The van der Waals surface area contributed by atoms with Crippen LogP contribution in [0.15, 0.2) is 24.3 Å². The minimum atomic E-state index is -0.633. The third-order valence-electron chi connectivity index (χ3n) is 3.45. The van der Waals surface area contributed by atoms with Crippen LogP contribution in [0.4, 0.5) is 4.39 Å². The summed E-state index contributed by atoms with van der Waals surface area (Å²) in [7, 11) is 1.52. The van der Waals surface area contributed by atoms with Gasteiger partial charge in [0.2, 0.25) is 5.91 Å². The van der Waals surface area contributed by atoms with E-state index in [0.29, 0.717) is 6.54 Å². The summed E-state index contributed by atoms with van der Waals surface area (Å²) in [5, 5.41) is 0. The summed E-state index contributed by atoms with van der Waals surface area (Å²) in [6, 6.07) is 5.67. The predicted molar refractivity (Wildman–Crippen MR) is 77.2 cm³/mol. The third kappa shape index (κ3) is 3.69. The fraction of sp³-hybridized carbons (Fsp3) is 0.500. The number of likely N-dealkylation sites (tertiary alicyclic amines) is 1. The maximum absolute atomic E-state index is 12.9. The highest BCUT2D eigenvalue weighted by molar-refractivity contribution is 5.85. The van der Waals surface area contributed by atoms with Crippen LogP contribution in [-0.2, 0) is 9.53 Å². The van der Waals surface area contributed by atoms with Crippen molar-refractivity contribution in [2.24, 2.45) is 5.73 Å². The molecule has 0 aliphatic carbocycles. The van der Waals surface area contributed by atoms with Crippen LogP contribution in [0, 0.1) is 5.82 Å². The molecule has 1 heterocycles.